The fourth-order valence-corrected chi connectivity index (χ4v) is 1.67. The maximum Gasteiger partial charge on any atom is 0.118 e. The van der Waals surface area contributed by atoms with Crippen molar-refractivity contribution in [2.45, 2.75) is 18.4 Å². The Balaban J connectivity index is 2.23. The first-order valence-electron chi connectivity index (χ1n) is 4.59. The average Bonchev–Trinajstić information content (AvgIpc) is 2.99. The number of methoxy groups -OCH3 is 1. The van der Waals surface area contributed by atoms with Gasteiger partial charge in [0.05, 0.1) is 12.6 Å². The van der Waals surface area contributed by atoms with Gasteiger partial charge in [-0.3, -0.25) is 0 Å². The van der Waals surface area contributed by atoms with Crippen LogP contribution in [0.5, 0.6) is 5.75 Å². The lowest BCUT2D eigenvalue weighted by atomic mass is 10.1. The summed E-state index contributed by atoms with van der Waals surface area (Å²) in [4.78, 5) is 0. The van der Waals surface area contributed by atoms with Gasteiger partial charge >= 0.3 is 0 Å². The number of hydrogen-bond donors (Lipinski definition) is 1. The van der Waals surface area contributed by atoms with Gasteiger partial charge in [-0.1, -0.05) is 0 Å². The quantitative estimate of drug-likeness (QED) is 0.686. The van der Waals surface area contributed by atoms with Crippen molar-refractivity contribution in [2.24, 2.45) is 0 Å². The first-order valence-corrected chi connectivity index (χ1v) is 4.59. The maximum absolute atomic E-state index is 5.11. The molecule has 2 rings (SSSR count). The Bertz CT molecular complexity index is 287. The molecular formula is C11H15NO. The van der Waals surface area contributed by atoms with Gasteiger partial charge in [0.25, 0.3) is 0 Å². The summed E-state index contributed by atoms with van der Waals surface area (Å²) in [7, 11) is 5.57. The van der Waals surface area contributed by atoms with Crippen LogP contribution in [0, 0.1) is 7.05 Å². The zero-order valence-corrected chi connectivity index (χ0v) is 7.92. The molecule has 1 saturated carbocycles. The van der Waals surface area contributed by atoms with Gasteiger partial charge in [0.1, 0.15) is 5.75 Å². The van der Waals surface area contributed by atoms with Crippen LogP contribution in [-0.4, -0.2) is 7.11 Å². The van der Waals surface area contributed by atoms with Crippen LogP contribution < -0.4 is 10.1 Å². The number of quaternary nitrogens is 1. The van der Waals surface area contributed by atoms with Crippen molar-refractivity contribution in [1.82, 2.24) is 0 Å². The molecule has 1 aliphatic rings. The van der Waals surface area contributed by atoms with E-state index in [9.17, 15) is 0 Å². The molecule has 1 aromatic carbocycles. The van der Waals surface area contributed by atoms with Gasteiger partial charge in [-0.2, -0.15) is 7.05 Å². The number of ether oxygens (including phenoxy) is 1. The summed E-state index contributed by atoms with van der Waals surface area (Å²) in [6.45, 7) is 0. The van der Waals surface area contributed by atoms with Crippen LogP contribution >= 0.6 is 0 Å². The minimum atomic E-state index is 0.284. The first kappa shape index (κ1) is 8.57. The zero-order valence-electron chi connectivity index (χ0n) is 7.92. The molecule has 2 N–H and O–H groups in total. The Morgan fingerprint density at radius 2 is 1.92 bits per heavy atom. The van der Waals surface area contributed by atoms with Crippen molar-refractivity contribution in [1.29, 1.82) is 0 Å². The molecule has 13 heavy (non-hydrogen) atoms. The predicted octanol–water partition coefficient (Wildman–Crippen LogP) is 1.04. The average molecular weight is 177 g/mol. The van der Waals surface area contributed by atoms with Gasteiger partial charge in [0.15, 0.2) is 0 Å². The van der Waals surface area contributed by atoms with Gasteiger partial charge in [0.2, 0.25) is 0 Å². The standard InChI is InChI=1S/C11H15NO/c1-12-11(7-8-11)9-3-5-10(13-2)6-4-9/h3-6H,1,7-8,12H2,2H3. The molecule has 0 unspecified atom stereocenters. The van der Waals surface area contributed by atoms with Crippen LogP contribution in [0.4, 0.5) is 0 Å². The predicted molar refractivity (Wildman–Crippen MR) is 51.2 cm³/mol. The normalized spacial score (nSPS) is 18.3. The van der Waals surface area contributed by atoms with Gasteiger partial charge in [0, 0.05) is 18.4 Å². The van der Waals surface area contributed by atoms with E-state index in [1.54, 1.807) is 7.11 Å². The van der Waals surface area contributed by atoms with E-state index < -0.39 is 0 Å². The molecule has 70 valence electrons. The summed E-state index contributed by atoms with van der Waals surface area (Å²) in [5.41, 5.74) is 1.65. The molecule has 0 spiro atoms. The number of rotatable bonds is 3. The Morgan fingerprint density at radius 3 is 2.31 bits per heavy atom. The monoisotopic (exact) mass is 177 g/mol. The first-order chi connectivity index (χ1) is 6.30. The Morgan fingerprint density at radius 1 is 1.31 bits per heavy atom. The summed E-state index contributed by atoms with van der Waals surface area (Å²) < 4.78 is 5.11. The highest BCUT2D eigenvalue weighted by molar-refractivity contribution is 5.33. The van der Waals surface area contributed by atoms with E-state index in [0.717, 1.165) is 5.75 Å². The Kier molecular flexibility index (Phi) is 2.00. The number of hydrogen-bond acceptors (Lipinski definition) is 1. The fourth-order valence-electron chi connectivity index (χ4n) is 1.67. The molecule has 0 bridgehead atoms. The topological polar surface area (TPSA) is 25.8 Å². The van der Waals surface area contributed by atoms with E-state index in [2.05, 4.69) is 24.5 Å². The summed E-state index contributed by atoms with van der Waals surface area (Å²) in [6.07, 6.45) is 2.48. The maximum atomic E-state index is 5.11. The van der Waals surface area contributed by atoms with Crippen molar-refractivity contribution >= 4 is 0 Å². The van der Waals surface area contributed by atoms with Crippen molar-refractivity contribution in [3.8, 4) is 5.75 Å². The van der Waals surface area contributed by atoms with E-state index >= 15 is 0 Å². The molecule has 0 aliphatic heterocycles. The highest BCUT2D eigenvalue weighted by atomic mass is 16.5. The third-order valence-electron chi connectivity index (χ3n) is 2.84. The summed E-state index contributed by atoms with van der Waals surface area (Å²) in [5.74, 6) is 0.920. The molecule has 1 fully saturated rings. The molecule has 0 heterocycles. The highest BCUT2D eigenvalue weighted by Gasteiger charge is 2.45. The Hall–Kier alpha value is -1.02. The fraction of sp³-hybridized carbons (Fsp3) is 0.364. The zero-order chi connectivity index (χ0) is 9.31. The lowest BCUT2D eigenvalue weighted by Crippen LogP contribution is -2.84. The van der Waals surface area contributed by atoms with Crippen molar-refractivity contribution in [2.75, 3.05) is 7.11 Å². The van der Waals surface area contributed by atoms with Crippen LogP contribution in [0.25, 0.3) is 0 Å². The number of benzene rings is 1. The second-order valence-electron chi connectivity index (χ2n) is 3.59. The summed E-state index contributed by atoms with van der Waals surface area (Å²) in [5, 5.41) is 2.06. The summed E-state index contributed by atoms with van der Waals surface area (Å²) in [6, 6.07) is 8.29. The van der Waals surface area contributed by atoms with Crippen LogP contribution in [0.1, 0.15) is 18.4 Å². The molecule has 0 radical (unpaired) electrons. The van der Waals surface area contributed by atoms with E-state index in [1.165, 1.54) is 18.4 Å². The number of nitrogens with two attached hydrogens (primary N) is 1. The SMILES string of the molecule is [CH2-][NH2+]C1(c2ccc(OC)cc2)CC1. The minimum Gasteiger partial charge on any atom is -0.497 e. The van der Waals surface area contributed by atoms with Crippen LogP contribution in [0.15, 0.2) is 24.3 Å². The van der Waals surface area contributed by atoms with Crippen LogP contribution in [-0.2, 0) is 5.54 Å². The van der Waals surface area contributed by atoms with Crippen molar-refractivity contribution < 1.29 is 10.1 Å². The third-order valence-corrected chi connectivity index (χ3v) is 2.84. The van der Waals surface area contributed by atoms with E-state index in [-0.39, 0.29) is 5.54 Å². The third kappa shape index (κ3) is 1.42. The van der Waals surface area contributed by atoms with E-state index in [0.29, 0.717) is 0 Å². The smallest absolute Gasteiger partial charge is 0.118 e. The van der Waals surface area contributed by atoms with Crippen molar-refractivity contribution in [3.63, 3.8) is 0 Å². The minimum absolute atomic E-state index is 0.284. The molecule has 1 aliphatic carbocycles. The lowest BCUT2D eigenvalue weighted by Gasteiger charge is -2.15. The largest absolute Gasteiger partial charge is 0.497 e. The van der Waals surface area contributed by atoms with Crippen LogP contribution in [0.2, 0.25) is 0 Å². The molecule has 0 amide bonds. The van der Waals surface area contributed by atoms with Gasteiger partial charge in [-0.25, -0.2) is 0 Å². The van der Waals surface area contributed by atoms with E-state index in [4.69, 9.17) is 4.74 Å². The molecule has 0 aromatic heterocycles. The second kappa shape index (κ2) is 3.04. The Labute approximate surface area is 78.9 Å². The highest BCUT2D eigenvalue weighted by Crippen LogP contribution is 2.41. The molecular weight excluding hydrogens is 162 g/mol. The summed E-state index contributed by atoms with van der Waals surface area (Å²) >= 11 is 0. The van der Waals surface area contributed by atoms with Crippen LogP contribution in [0.3, 0.4) is 0 Å². The van der Waals surface area contributed by atoms with Gasteiger partial charge < -0.3 is 10.1 Å². The molecule has 0 saturated heterocycles. The molecule has 2 nitrogen and oxygen atoms in total. The van der Waals surface area contributed by atoms with E-state index in [1.807, 2.05) is 12.1 Å². The molecule has 0 atom stereocenters. The van der Waals surface area contributed by atoms with Gasteiger partial charge in [-0.05, 0) is 24.3 Å². The second-order valence-corrected chi connectivity index (χ2v) is 3.59. The lowest BCUT2D eigenvalue weighted by molar-refractivity contribution is -0.657. The molecule has 2 heteroatoms. The molecule has 1 aromatic rings. The van der Waals surface area contributed by atoms with Crippen molar-refractivity contribution in [3.05, 3.63) is 36.9 Å². The van der Waals surface area contributed by atoms with Gasteiger partial charge in [-0.15, -0.1) is 0 Å².